The van der Waals surface area contributed by atoms with Crippen LogP contribution in [0.4, 0.5) is 11.4 Å². The predicted octanol–water partition coefficient (Wildman–Crippen LogP) is 4.71. The van der Waals surface area contributed by atoms with E-state index < -0.39 is 26.4 Å². The fourth-order valence-corrected chi connectivity index (χ4v) is 5.19. The van der Waals surface area contributed by atoms with Gasteiger partial charge in [-0.1, -0.05) is 0 Å². The fraction of sp³-hybridized carbons (Fsp3) is 0.0455. The molecule has 10 heteroatoms. The van der Waals surface area contributed by atoms with Gasteiger partial charge in [0.25, 0.3) is 16.3 Å². The van der Waals surface area contributed by atoms with Crippen LogP contribution in [0.25, 0.3) is 11.0 Å². The molecule has 0 saturated carbocycles. The molecule has 0 radical (unpaired) electrons. The second kappa shape index (κ2) is 8.52. The molecule has 0 unspecified atom stereocenters. The highest BCUT2D eigenvalue weighted by atomic mass is 32.2. The SMILES string of the molecule is COc1ccc2cc([S+](c3ccc([N+](=O)[O-])cc3)c3ccc([N+](=O)[O-])cc3)c(=O)oc2c1. The number of methoxy groups -OCH3 is 1. The molecule has 0 bridgehead atoms. The highest BCUT2D eigenvalue weighted by Crippen LogP contribution is 2.33. The number of nitrogens with zero attached hydrogens (tertiary/aromatic N) is 2. The summed E-state index contributed by atoms with van der Waals surface area (Å²) >= 11 is 0. The van der Waals surface area contributed by atoms with E-state index in [1.54, 1.807) is 48.5 Å². The molecule has 32 heavy (non-hydrogen) atoms. The van der Waals surface area contributed by atoms with Crippen molar-refractivity contribution < 1.29 is 19.0 Å². The van der Waals surface area contributed by atoms with Crippen molar-refractivity contribution in [2.75, 3.05) is 7.11 Å². The van der Waals surface area contributed by atoms with Gasteiger partial charge in [0.1, 0.15) is 22.2 Å². The Kier molecular flexibility index (Phi) is 5.61. The fourth-order valence-electron chi connectivity index (χ4n) is 3.14. The molecule has 0 fully saturated rings. The molecule has 0 aliphatic carbocycles. The molecule has 0 amide bonds. The van der Waals surface area contributed by atoms with Gasteiger partial charge < -0.3 is 9.15 Å². The van der Waals surface area contributed by atoms with Crippen molar-refractivity contribution in [3.05, 3.63) is 103 Å². The lowest BCUT2D eigenvalue weighted by molar-refractivity contribution is -0.385. The molecule has 1 aromatic heterocycles. The maximum atomic E-state index is 13.0. The number of fused-ring (bicyclic) bond motifs is 1. The van der Waals surface area contributed by atoms with E-state index in [0.29, 0.717) is 31.4 Å². The number of hydrogen-bond acceptors (Lipinski definition) is 7. The van der Waals surface area contributed by atoms with Gasteiger partial charge in [-0.3, -0.25) is 20.2 Å². The molecule has 4 aromatic rings. The molecular weight excluding hydrogens is 436 g/mol. The highest BCUT2D eigenvalue weighted by Gasteiger charge is 2.34. The van der Waals surface area contributed by atoms with Crippen LogP contribution in [0, 0.1) is 20.2 Å². The smallest absolute Gasteiger partial charge is 0.393 e. The molecule has 0 spiro atoms. The number of nitro groups is 2. The van der Waals surface area contributed by atoms with Gasteiger partial charge in [0.05, 0.1) is 17.0 Å². The molecule has 4 rings (SSSR count). The molecule has 0 saturated heterocycles. The van der Waals surface area contributed by atoms with E-state index in [0.717, 1.165) is 0 Å². The Morgan fingerprint density at radius 2 is 1.34 bits per heavy atom. The predicted molar refractivity (Wildman–Crippen MR) is 117 cm³/mol. The maximum absolute atomic E-state index is 13.0. The molecule has 0 aliphatic rings. The summed E-state index contributed by atoms with van der Waals surface area (Å²) < 4.78 is 10.7. The lowest BCUT2D eigenvalue weighted by Gasteiger charge is -2.08. The van der Waals surface area contributed by atoms with Gasteiger partial charge in [0, 0.05) is 66.0 Å². The number of rotatable bonds is 6. The van der Waals surface area contributed by atoms with Crippen LogP contribution >= 0.6 is 0 Å². The average Bonchev–Trinajstić information content (AvgIpc) is 2.80. The zero-order valence-corrected chi connectivity index (χ0v) is 17.4. The minimum Gasteiger partial charge on any atom is -0.497 e. The Morgan fingerprint density at radius 3 is 1.81 bits per heavy atom. The number of hydrogen-bond donors (Lipinski definition) is 0. The van der Waals surface area contributed by atoms with Crippen LogP contribution in [0.5, 0.6) is 5.75 Å². The molecule has 0 aliphatic heterocycles. The largest absolute Gasteiger partial charge is 0.497 e. The second-order valence-electron chi connectivity index (χ2n) is 6.61. The topological polar surface area (TPSA) is 126 Å². The van der Waals surface area contributed by atoms with E-state index in [1.165, 1.54) is 31.4 Å². The van der Waals surface area contributed by atoms with Gasteiger partial charge >= 0.3 is 5.63 Å². The Bertz CT molecular complexity index is 1330. The van der Waals surface area contributed by atoms with Crippen molar-refractivity contribution in [3.8, 4) is 5.75 Å². The summed E-state index contributed by atoms with van der Waals surface area (Å²) in [5.74, 6) is 0.540. The zero-order chi connectivity index (χ0) is 22.8. The van der Waals surface area contributed by atoms with E-state index in [1.807, 2.05) is 0 Å². The van der Waals surface area contributed by atoms with Crippen molar-refractivity contribution in [1.29, 1.82) is 0 Å². The van der Waals surface area contributed by atoms with E-state index >= 15 is 0 Å². The van der Waals surface area contributed by atoms with Gasteiger partial charge in [-0.25, -0.2) is 4.79 Å². The Labute approximate surface area is 183 Å². The monoisotopic (exact) mass is 451 g/mol. The second-order valence-corrected chi connectivity index (χ2v) is 8.61. The summed E-state index contributed by atoms with van der Waals surface area (Å²) in [4.78, 5) is 35.6. The van der Waals surface area contributed by atoms with Crippen LogP contribution in [0.1, 0.15) is 0 Å². The molecule has 1 heterocycles. The van der Waals surface area contributed by atoms with Crippen molar-refractivity contribution >= 4 is 33.2 Å². The van der Waals surface area contributed by atoms with E-state index in [4.69, 9.17) is 9.15 Å². The average molecular weight is 451 g/mol. The summed E-state index contributed by atoms with van der Waals surface area (Å²) in [6.07, 6.45) is 0. The summed E-state index contributed by atoms with van der Waals surface area (Å²) in [7, 11) is 0.493. The molecular formula is C22H15N2O7S+. The van der Waals surface area contributed by atoms with E-state index in [2.05, 4.69) is 0 Å². The minimum atomic E-state index is -1.02. The number of benzene rings is 3. The molecule has 0 atom stereocenters. The van der Waals surface area contributed by atoms with Crippen molar-refractivity contribution in [1.82, 2.24) is 0 Å². The molecule has 3 aromatic carbocycles. The van der Waals surface area contributed by atoms with Crippen LogP contribution in [0.3, 0.4) is 0 Å². The van der Waals surface area contributed by atoms with Crippen LogP contribution in [0.2, 0.25) is 0 Å². The molecule has 9 nitrogen and oxygen atoms in total. The standard InChI is InChI=1S/C22H15N2O7S/c1-30-17-7-2-14-12-21(22(25)31-20(14)13-17)32(18-8-3-15(4-9-18)23(26)27)19-10-5-16(6-11-19)24(28)29/h2-13H,1H3/q+1. The van der Waals surface area contributed by atoms with Gasteiger partial charge in [0.2, 0.25) is 0 Å². The first kappa shape index (κ1) is 21.1. The van der Waals surface area contributed by atoms with E-state index in [9.17, 15) is 25.0 Å². The van der Waals surface area contributed by atoms with Gasteiger partial charge in [-0.05, 0) is 12.1 Å². The lowest BCUT2D eigenvalue weighted by atomic mass is 10.2. The third-order valence-corrected chi connectivity index (χ3v) is 6.91. The molecule has 0 N–H and O–H groups in total. The minimum absolute atomic E-state index is 0.0846. The normalized spacial score (nSPS) is 10.9. The first-order chi connectivity index (χ1) is 15.4. The van der Waals surface area contributed by atoms with E-state index in [-0.39, 0.29) is 11.4 Å². The van der Waals surface area contributed by atoms with Crippen molar-refractivity contribution in [2.24, 2.45) is 0 Å². The summed E-state index contributed by atoms with van der Waals surface area (Å²) in [5, 5.41) is 22.8. The van der Waals surface area contributed by atoms with Crippen LogP contribution in [-0.4, -0.2) is 17.0 Å². The van der Waals surface area contributed by atoms with Crippen molar-refractivity contribution in [3.63, 3.8) is 0 Å². The first-order valence-electron chi connectivity index (χ1n) is 9.22. The summed E-state index contributed by atoms with van der Waals surface area (Å²) in [5.41, 5.74) is -0.392. The highest BCUT2D eigenvalue weighted by molar-refractivity contribution is 7.97. The third kappa shape index (κ3) is 4.03. The lowest BCUT2D eigenvalue weighted by Crippen LogP contribution is -2.15. The Hall–Kier alpha value is -4.18. The van der Waals surface area contributed by atoms with Gasteiger partial charge in [-0.15, -0.1) is 0 Å². The summed E-state index contributed by atoms with van der Waals surface area (Å²) in [6, 6.07) is 18.5. The summed E-state index contributed by atoms with van der Waals surface area (Å²) in [6.45, 7) is 0. The Morgan fingerprint density at radius 1 is 0.812 bits per heavy atom. The van der Waals surface area contributed by atoms with Gasteiger partial charge in [0.15, 0.2) is 9.79 Å². The molecule has 160 valence electrons. The van der Waals surface area contributed by atoms with Crippen LogP contribution in [0.15, 0.2) is 96.7 Å². The number of nitro benzene ring substituents is 2. The maximum Gasteiger partial charge on any atom is 0.393 e. The quantitative estimate of drug-likeness (QED) is 0.180. The zero-order valence-electron chi connectivity index (χ0n) is 16.6. The van der Waals surface area contributed by atoms with Gasteiger partial charge in [-0.2, -0.15) is 0 Å². The first-order valence-corrected chi connectivity index (χ1v) is 10.4. The van der Waals surface area contributed by atoms with Crippen LogP contribution in [-0.2, 0) is 10.9 Å². The number of non-ortho nitro benzene ring substituents is 2. The van der Waals surface area contributed by atoms with Crippen molar-refractivity contribution in [2.45, 2.75) is 14.7 Å². The Balaban J connectivity index is 1.90. The number of ether oxygens (including phenoxy) is 1. The van der Waals surface area contributed by atoms with Crippen LogP contribution < -0.4 is 10.4 Å². The third-order valence-electron chi connectivity index (χ3n) is 4.70.